The summed E-state index contributed by atoms with van der Waals surface area (Å²) < 4.78 is 22.4. The van der Waals surface area contributed by atoms with E-state index in [-0.39, 0.29) is 12.5 Å². The molecule has 0 bridgehead atoms. The minimum atomic E-state index is -3.26. The Hall–Kier alpha value is -1.40. The van der Waals surface area contributed by atoms with E-state index >= 15 is 0 Å². The number of nitrogens with zero attached hydrogens (tertiary/aromatic N) is 1. The van der Waals surface area contributed by atoms with Gasteiger partial charge in [0, 0.05) is 19.8 Å². The molecule has 0 saturated heterocycles. The second-order valence-corrected chi connectivity index (χ2v) is 8.26. The molecule has 1 amide bonds. The van der Waals surface area contributed by atoms with E-state index in [0.717, 1.165) is 0 Å². The third-order valence-corrected chi connectivity index (χ3v) is 5.56. The smallest absolute Gasteiger partial charge is 0.243 e. The summed E-state index contributed by atoms with van der Waals surface area (Å²) in [5, 5.41) is 0. The Balaban J connectivity index is 2.83. The van der Waals surface area contributed by atoms with Crippen molar-refractivity contribution < 1.29 is 13.2 Å². The van der Waals surface area contributed by atoms with Crippen LogP contribution in [0.3, 0.4) is 0 Å². The molecule has 112 valence electrons. The minimum absolute atomic E-state index is 0.102. The van der Waals surface area contributed by atoms with E-state index in [1.165, 1.54) is 11.2 Å². The van der Waals surface area contributed by atoms with Crippen LogP contribution in [0.4, 0.5) is 0 Å². The zero-order valence-corrected chi connectivity index (χ0v) is 13.1. The molecule has 1 aromatic carbocycles. The van der Waals surface area contributed by atoms with Crippen molar-refractivity contribution in [2.75, 3.05) is 19.8 Å². The number of rotatable bonds is 5. The molecule has 0 spiro atoms. The van der Waals surface area contributed by atoms with Crippen molar-refractivity contribution >= 4 is 15.7 Å². The van der Waals surface area contributed by atoms with Crippen LogP contribution in [-0.2, 0) is 14.6 Å². The van der Waals surface area contributed by atoms with E-state index < -0.39 is 20.6 Å². The number of nitrogens with two attached hydrogens (primary N) is 1. The summed E-state index contributed by atoms with van der Waals surface area (Å²) >= 11 is 0. The summed E-state index contributed by atoms with van der Waals surface area (Å²) in [6.07, 6.45) is 1.17. The molecule has 0 aromatic heterocycles. The maximum absolute atomic E-state index is 12.3. The number of sulfone groups is 1. The molecule has 1 atom stereocenters. The Labute approximate surface area is 120 Å². The van der Waals surface area contributed by atoms with Gasteiger partial charge in [0.1, 0.15) is 6.04 Å². The average Bonchev–Trinajstić information content (AvgIpc) is 2.36. The van der Waals surface area contributed by atoms with E-state index in [9.17, 15) is 13.2 Å². The van der Waals surface area contributed by atoms with Gasteiger partial charge in [-0.25, -0.2) is 8.42 Å². The number of likely N-dealkylation sites (N-methyl/N-ethyl adjacent to an activating group) is 1. The molecule has 0 aliphatic heterocycles. The van der Waals surface area contributed by atoms with Crippen LogP contribution >= 0.6 is 0 Å². The number of benzene rings is 1. The highest BCUT2D eigenvalue weighted by Crippen LogP contribution is 2.19. The number of hydrogen-bond acceptors (Lipinski definition) is 4. The molecule has 0 aliphatic rings. The first-order valence-electron chi connectivity index (χ1n) is 6.31. The lowest BCUT2D eigenvalue weighted by molar-refractivity contribution is -0.131. The molecule has 0 saturated carbocycles. The van der Waals surface area contributed by atoms with Crippen molar-refractivity contribution in [3.8, 4) is 0 Å². The minimum Gasteiger partial charge on any atom is -0.343 e. The lowest BCUT2D eigenvalue weighted by atomic mass is 10.1. The van der Waals surface area contributed by atoms with Gasteiger partial charge in [-0.2, -0.15) is 0 Å². The molecule has 0 unspecified atom stereocenters. The second kappa shape index (κ2) is 5.93. The average molecular weight is 298 g/mol. The van der Waals surface area contributed by atoms with Gasteiger partial charge in [-0.05, 0) is 19.4 Å². The first kappa shape index (κ1) is 16.7. The molecule has 1 aromatic rings. The van der Waals surface area contributed by atoms with Crippen molar-refractivity contribution in [1.29, 1.82) is 0 Å². The SMILES string of the molecule is CN(CC(C)(C)S(C)(=O)=O)C(=O)[C@@H](N)c1ccccc1. The van der Waals surface area contributed by atoms with Gasteiger partial charge >= 0.3 is 0 Å². The van der Waals surface area contributed by atoms with Gasteiger partial charge in [-0.3, -0.25) is 4.79 Å². The van der Waals surface area contributed by atoms with Gasteiger partial charge in [-0.1, -0.05) is 30.3 Å². The zero-order chi connectivity index (χ0) is 15.6. The summed E-state index contributed by atoms with van der Waals surface area (Å²) in [5.41, 5.74) is 6.64. The molecule has 0 heterocycles. The molecule has 5 nitrogen and oxygen atoms in total. The standard InChI is InChI=1S/C14H22N2O3S/c1-14(2,20(4,18)19)10-16(3)13(17)12(15)11-8-6-5-7-9-11/h5-9,12H,10,15H2,1-4H3/t12-/m0/s1. The number of amides is 1. The third kappa shape index (κ3) is 3.80. The first-order valence-corrected chi connectivity index (χ1v) is 8.20. The molecule has 1 rings (SSSR count). The predicted molar refractivity (Wildman–Crippen MR) is 79.9 cm³/mol. The van der Waals surface area contributed by atoms with Gasteiger partial charge in [0.25, 0.3) is 0 Å². The van der Waals surface area contributed by atoms with Crippen molar-refractivity contribution in [2.24, 2.45) is 5.73 Å². The zero-order valence-electron chi connectivity index (χ0n) is 12.3. The van der Waals surface area contributed by atoms with Crippen LogP contribution in [0, 0.1) is 0 Å². The van der Waals surface area contributed by atoms with Gasteiger partial charge in [-0.15, -0.1) is 0 Å². The molecular weight excluding hydrogens is 276 g/mol. The van der Waals surface area contributed by atoms with E-state index in [1.807, 2.05) is 18.2 Å². The fourth-order valence-corrected chi connectivity index (χ4v) is 2.23. The molecule has 2 N–H and O–H groups in total. The fourth-order valence-electron chi connectivity index (χ4n) is 1.81. The van der Waals surface area contributed by atoms with E-state index in [0.29, 0.717) is 5.56 Å². The summed E-state index contributed by atoms with van der Waals surface area (Å²) in [6.45, 7) is 3.30. The van der Waals surface area contributed by atoms with E-state index in [4.69, 9.17) is 5.73 Å². The van der Waals surface area contributed by atoms with Crippen LogP contribution in [-0.4, -0.2) is 43.8 Å². The van der Waals surface area contributed by atoms with Gasteiger partial charge in [0.15, 0.2) is 9.84 Å². The van der Waals surface area contributed by atoms with Crippen LogP contribution in [0.1, 0.15) is 25.5 Å². The Morgan fingerprint density at radius 3 is 2.25 bits per heavy atom. The predicted octanol–water partition coefficient (Wildman–Crippen LogP) is 0.968. The van der Waals surface area contributed by atoms with Gasteiger partial charge < -0.3 is 10.6 Å². The maximum Gasteiger partial charge on any atom is 0.243 e. The van der Waals surface area contributed by atoms with Crippen LogP contribution in [0.15, 0.2) is 30.3 Å². The third-order valence-electron chi connectivity index (χ3n) is 3.42. The van der Waals surface area contributed by atoms with Crippen molar-refractivity contribution in [2.45, 2.75) is 24.6 Å². The molecule has 0 aliphatic carbocycles. The van der Waals surface area contributed by atoms with E-state index in [1.54, 1.807) is 33.0 Å². The fraction of sp³-hybridized carbons (Fsp3) is 0.500. The normalized spacial score (nSPS) is 13.8. The Kier molecular flexibility index (Phi) is 4.94. The maximum atomic E-state index is 12.3. The lowest BCUT2D eigenvalue weighted by Crippen LogP contribution is -2.47. The Bertz CT molecular complexity index is 567. The van der Waals surface area contributed by atoms with Crippen molar-refractivity contribution in [1.82, 2.24) is 4.90 Å². The number of carbonyl (C=O) groups is 1. The second-order valence-electron chi connectivity index (χ2n) is 5.61. The van der Waals surface area contributed by atoms with E-state index in [2.05, 4.69) is 0 Å². The first-order chi connectivity index (χ1) is 9.06. The molecule has 0 radical (unpaired) electrons. The highest BCUT2D eigenvalue weighted by molar-refractivity contribution is 7.92. The van der Waals surface area contributed by atoms with Crippen LogP contribution in [0.2, 0.25) is 0 Å². The summed E-state index contributed by atoms with van der Waals surface area (Å²) in [7, 11) is -1.69. The summed E-state index contributed by atoms with van der Waals surface area (Å²) in [4.78, 5) is 13.6. The summed E-state index contributed by atoms with van der Waals surface area (Å²) in [6, 6.07) is 8.23. The van der Waals surface area contributed by atoms with Gasteiger partial charge in [0.05, 0.1) is 4.75 Å². The van der Waals surface area contributed by atoms with Crippen LogP contribution < -0.4 is 5.73 Å². The lowest BCUT2D eigenvalue weighted by Gasteiger charge is -2.30. The summed E-state index contributed by atoms with van der Waals surface area (Å²) in [5.74, 6) is -0.298. The topological polar surface area (TPSA) is 80.5 Å². The Morgan fingerprint density at radius 2 is 1.80 bits per heavy atom. The van der Waals surface area contributed by atoms with Crippen LogP contribution in [0.25, 0.3) is 0 Å². The molecule has 0 fully saturated rings. The van der Waals surface area contributed by atoms with Crippen molar-refractivity contribution in [3.05, 3.63) is 35.9 Å². The Morgan fingerprint density at radius 1 is 1.30 bits per heavy atom. The van der Waals surface area contributed by atoms with Crippen molar-refractivity contribution in [3.63, 3.8) is 0 Å². The monoisotopic (exact) mass is 298 g/mol. The largest absolute Gasteiger partial charge is 0.343 e. The van der Waals surface area contributed by atoms with Gasteiger partial charge in [0.2, 0.25) is 5.91 Å². The quantitative estimate of drug-likeness (QED) is 0.878. The molecule has 6 heteroatoms. The molecule has 20 heavy (non-hydrogen) atoms. The van der Waals surface area contributed by atoms with Crippen LogP contribution in [0.5, 0.6) is 0 Å². The number of hydrogen-bond donors (Lipinski definition) is 1. The number of carbonyl (C=O) groups excluding carboxylic acids is 1. The molecular formula is C14H22N2O3S. The highest BCUT2D eigenvalue weighted by Gasteiger charge is 2.34. The highest BCUT2D eigenvalue weighted by atomic mass is 32.2.